The Hall–Kier alpha value is -2.51. The molecule has 1 heterocycles. The van der Waals surface area contributed by atoms with Crippen molar-refractivity contribution in [3.05, 3.63) is 51.4 Å². The average molecular weight is 428 g/mol. The number of carbonyl (C=O) groups excluding carboxylic acids is 3. The van der Waals surface area contributed by atoms with E-state index in [0.29, 0.717) is 16.1 Å². The van der Waals surface area contributed by atoms with Gasteiger partial charge in [-0.05, 0) is 45.2 Å². The summed E-state index contributed by atoms with van der Waals surface area (Å²) < 4.78 is 0. The quantitative estimate of drug-likeness (QED) is 0.690. The molecule has 1 aromatic carbocycles. The van der Waals surface area contributed by atoms with Crippen LogP contribution in [0.25, 0.3) is 0 Å². The Labute approximate surface area is 181 Å². The highest BCUT2D eigenvalue weighted by Gasteiger charge is 2.27. The zero-order chi connectivity index (χ0) is 21.8. The fraction of sp³-hybridized carbons (Fsp3) is 0.435. The summed E-state index contributed by atoms with van der Waals surface area (Å²) in [5.74, 6) is -0.325. The van der Waals surface area contributed by atoms with Gasteiger partial charge >= 0.3 is 0 Å². The summed E-state index contributed by atoms with van der Waals surface area (Å²) >= 11 is 1.52. The van der Waals surface area contributed by atoms with Crippen molar-refractivity contribution in [2.75, 3.05) is 39.5 Å². The Balaban J connectivity index is 1.81. The molecule has 1 aromatic heterocycles. The molecule has 30 heavy (non-hydrogen) atoms. The predicted molar refractivity (Wildman–Crippen MR) is 120 cm³/mol. The zero-order valence-electron chi connectivity index (χ0n) is 18.1. The molecule has 1 N–H and O–H groups in total. The van der Waals surface area contributed by atoms with E-state index in [9.17, 15) is 14.4 Å². The molecule has 0 atom stereocenters. The van der Waals surface area contributed by atoms with Crippen LogP contribution in [-0.2, 0) is 22.4 Å². The van der Waals surface area contributed by atoms with Crippen molar-refractivity contribution in [1.82, 2.24) is 9.80 Å². The third kappa shape index (κ3) is 5.15. The molecule has 0 fully saturated rings. The Kier molecular flexibility index (Phi) is 7.05. The Bertz CT molecular complexity index is 947. The summed E-state index contributed by atoms with van der Waals surface area (Å²) in [5, 5.41) is 3.58. The SMILES string of the molecule is Cc1ccc(C(=O)c2c(NC(=O)CN(C)CC(=O)N(C)C)sc3c2CCCC3)cc1. The van der Waals surface area contributed by atoms with Gasteiger partial charge in [0.25, 0.3) is 0 Å². The molecule has 0 radical (unpaired) electrons. The van der Waals surface area contributed by atoms with Crippen LogP contribution in [0.4, 0.5) is 5.00 Å². The molecule has 0 unspecified atom stereocenters. The van der Waals surface area contributed by atoms with Gasteiger partial charge in [-0.2, -0.15) is 0 Å². The topological polar surface area (TPSA) is 69.7 Å². The maximum atomic E-state index is 13.3. The average Bonchev–Trinajstić information content (AvgIpc) is 3.05. The van der Waals surface area contributed by atoms with Crippen LogP contribution in [0.2, 0.25) is 0 Å². The van der Waals surface area contributed by atoms with E-state index in [4.69, 9.17) is 0 Å². The molecule has 0 aliphatic heterocycles. The van der Waals surface area contributed by atoms with Crippen molar-refractivity contribution in [1.29, 1.82) is 0 Å². The van der Waals surface area contributed by atoms with E-state index in [-0.39, 0.29) is 30.7 Å². The number of amides is 2. The summed E-state index contributed by atoms with van der Waals surface area (Å²) in [5.41, 5.74) is 3.46. The number of nitrogens with zero attached hydrogens (tertiary/aromatic N) is 2. The summed E-state index contributed by atoms with van der Waals surface area (Å²) in [4.78, 5) is 42.2. The van der Waals surface area contributed by atoms with Crippen molar-refractivity contribution in [3.63, 3.8) is 0 Å². The summed E-state index contributed by atoms with van der Waals surface area (Å²) in [6.45, 7) is 2.24. The first-order valence-electron chi connectivity index (χ1n) is 10.2. The first kappa shape index (κ1) is 22.2. The molecule has 1 aliphatic carbocycles. The Morgan fingerprint density at radius 1 is 1.00 bits per heavy atom. The van der Waals surface area contributed by atoms with Gasteiger partial charge in [0, 0.05) is 24.5 Å². The molecule has 160 valence electrons. The molecule has 0 spiro atoms. The normalized spacial score (nSPS) is 13.1. The molecule has 3 rings (SSSR count). The van der Waals surface area contributed by atoms with Crippen molar-refractivity contribution >= 4 is 33.9 Å². The molecule has 0 saturated carbocycles. The molecule has 7 heteroatoms. The first-order valence-corrected chi connectivity index (χ1v) is 11.0. The van der Waals surface area contributed by atoms with Gasteiger partial charge < -0.3 is 10.2 Å². The zero-order valence-corrected chi connectivity index (χ0v) is 18.9. The van der Waals surface area contributed by atoms with Gasteiger partial charge in [0.2, 0.25) is 11.8 Å². The largest absolute Gasteiger partial charge is 0.348 e. The monoisotopic (exact) mass is 427 g/mol. The maximum absolute atomic E-state index is 13.3. The Morgan fingerprint density at radius 3 is 2.33 bits per heavy atom. The van der Waals surface area contributed by atoms with Crippen LogP contribution in [0.5, 0.6) is 0 Å². The molecule has 6 nitrogen and oxygen atoms in total. The second-order valence-electron chi connectivity index (χ2n) is 8.12. The summed E-state index contributed by atoms with van der Waals surface area (Å²) in [6.07, 6.45) is 3.97. The van der Waals surface area contributed by atoms with Gasteiger partial charge in [-0.1, -0.05) is 29.8 Å². The van der Waals surface area contributed by atoms with Crippen molar-refractivity contribution in [2.24, 2.45) is 0 Å². The highest BCUT2D eigenvalue weighted by atomic mass is 32.1. The third-order valence-corrected chi connectivity index (χ3v) is 6.49. The summed E-state index contributed by atoms with van der Waals surface area (Å²) in [7, 11) is 5.11. The number of nitrogens with one attached hydrogen (secondary N) is 1. The third-order valence-electron chi connectivity index (χ3n) is 5.28. The minimum Gasteiger partial charge on any atom is -0.348 e. The number of anilines is 1. The lowest BCUT2D eigenvalue weighted by Crippen LogP contribution is -2.38. The lowest BCUT2D eigenvalue weighted by Gasteiger charge is -2.18. The maximum Gasteiger partial charge on any atom is 0.239 e. The number of hydrogen-bond donors (Lipinski definition) is 1. The standard InChI is InChI=1S/C23H29N3O3S/c1-15-9-11-16(12-10-15)22(29)21-17-7-5-6-8-18(17)30-23(21)24-19(27)13-26(4)14-20(28)25(2)3/h9-12H,5-8,13-14H2,1-4H3,(H,24,27). The fourth-order valence-corrected chi connectivity index (χ4v) is 4.89. The van der Waals surface area contributed by atoms with Gasteiger partial charge in [-0.25, -0.2) is 0 Å². The van der Waals surface area contributed by atoms with E-state index in [1.807, 2.05) is 31.2 Å². The van der Waals surface area contributed by atoms with Crippen LogP contribution < -0.4 is 5.32 Å². The lowest BCUT2D eigenvalue weighted by atomic mass is 9.91. The van der Waals surface area contributed by atoms with E-state index in [1.165, 1.54) is 21.1 Å². The number of aryl methyl sites for hydroxylation is 2. The second kappa shape index (κ2) is 9.53. The molecular weight excluding hydrogens is 398 g/mol. The van der Waals surface area contributed by atoms with E-state index < -0.39 is 0 Å². The number of rotatable bonds is 7. The summed E-state index contributed by atoms with van der Waals surface area (Å²) in [6, 6.07) is 7.55. The number of benzene rings is 1. The van der Waals surface area contributed by atoms with Crippen molar-refractivity contribution in [3.8, 4) is 0 Å². The van der Waals surface area contributed by atoms with Crippen LogP contribution in [0, 0.1) is 6.92 Å². The number of likely N-dealkylation sites (N-methyl/N-ethyl adjacent to an activating group) is 2. The van der Waals surface area contributed by atoms with Crippen LogP contribution in [-0.4, -0.2) is 61.6 Å². The van der Waals surface area contributed by atoms with Crippen LogP contribution in [0.3, 0.4) is 0 Å². The van der Waals surface area contributed by atoms with Crippen LogP contribution in [0.1, 0.15) is 44.8 Å². The molecule has 2 aromatic rings. The van der Waals surface area contributed by atoms with Crippen molar-refractivity contribution < 1.29 is 14.4 Å². The van der Waals surface area contributed by atoms with Gasteiger partial charge in [0.05, 0.1) is 18.7 Å². The molecule has 2 amide bonds. The molecule has 0 bridgehead atoms. The molecular formula is C23H29N3O3S. The van der Waals surface area contributed by atoms with E-state index in [1.54, 1.807) is 26.0 Å². The van der Waals surface area contributed by atoms with Gasteiger partial charge in [-0.15, -0.1) is 11.3 Å². The van der Waals surface area contributed by atoms with E-state index in [0.717, 1.165) is 36.8 Å². The predicted octanol–water partition coefficient (Wildman–Crippen LogP) is 3.12. The smallest absolute Gasteiger partial charge is 0.239 e. The highest BCUT2D eigenvalue weighted by Crippen LogP contribution is 2.39. The fourth-order valence-electron chi connectivity index (χ4n) is 3.58. The van der Waals surface area contributed by atoms with Gasteiger partial charge in [0.1, 0.15) is 5.00 Å². The molecule has 1 aliphatic rings. The number of thiophene rings is 1. The van der Waals surface area contributed by atoms with Crippen LogP contribution in [0.15, 0.2) is 24.3 Å². The second-order valence-corrected chi connectivity index (χ2v) is 9.22. The first-order chi connectivity index (χ1) is 14.3. The van der Waals surface area contributed by atoms with Crippen LogP contribution >= 0.6 is 11.3 Å². The van der Waals surface area contributed by atoms with Gasteiger partial charge in [0.15, 0.2) is 5.78 Å². The minimum absolute atomic E-state index is 0.0409. The van der Waals surface area contributed by atoms with E-state index in [2.05, 4.69) is 5.32 Å². The van der Waals surface area contributed by atoms with Crippen molar-refractivity contribution in [2.45, 2.75) is 32.6 Å². The minimum atomic E-state index is -0.222. The Morgan fingerprint density at radius 2 is 1.67 bits per heavy atom. The number of hydrogen-bond acceptors (Lipinski definition) is 5. The lowest BCUT2D eigenvalue weighted by molar-refractivity contribution is -0.130. The van der Waals surface area contributed by atoms with Gasteiger partial charge in [-0.3, -0.25) is 19.3 Å². The molecule has 0 saturated heterocycles. The number of carbonyl (C=O) groups is 3. The number of ketones is 1. The number of fused-ring (bicyclic) bond motifs is 1. The van der Waals surface area contributed by atoms with E-state index >= 15 is 0 Å². The highest BCUT2D eigenvalue weighted by molar-refractivity contribution is 7.17.